The van der Waals surface area contributed by atoms with Crippen LogP contribution < -0.4 is 0 Å². The lowest BCUT2D eigenvalue weighted by molar-refractivity contribution is 0.0697. The molecule has 0 saturated heterocycles. The Labute approximate surface area is 102 Å². The molecule has 0 aliphatic carbocycles. The minimum Gasteiger partial charge on any atom is -0.478 e. The van der Waals surface area contributed by atoms with Gasteiger partial charge in [0.1, 0.15) is 0 Å². The molecule has 0 saturated carbocycles. The molecule has 0 spiro atoms. The van der Waals surface area contributed by atoms with Crippen molar-refractivity contribution in [3.63, 3.8) is 0 Å². The summed E-state index contributed by atoms with van der Waals surface area (Å²) >= 11 is 7.68. The fraction of sp³-hybridized carbons (Fsp3) is 0.0833. The van der Waals surface area contributed by atoms with Crippen LogP contribution in [0.15, 0.2) is 29.6 Å². The van der Waals surface area contributed by atoms with Crippen LogP contribution in [0.1, 0.15) is 15.9 Å². The van der Waals surface area contributed by atoms with Crippen LogP contribution in [0.3, 0.4) is 0 Å². The molecule has 2 nitrogen and oxygen atoms in total. The van der Waals surface area contributed by atoms with E-state index in [1.54, 1.807) is 23.5 Å². The minimum atomic E-state index is -0.962. The van der Waals surface area contributed by atoms with E-state index in [0.29, 0.717) is 5.02 Å². The molecule has 16 heavy (non-hydrogen) atoms. The molecule has 0 fully saturated rings. The first kappa shape index (κ1) is 11.2. The van der Waals surface area contributed by atoms with Crippen molar-refractivity contribution in [2.75, 3.05) is 0 Å². The van der Waals surface area contributed by atoms with Crippen LogP contribution in [0.4, 0.5) is 0 Å². The van der Waals surface area contributed by atoms with Gasteiger partial charge in [-0.3, -0.25) is 0 Å². The first-order valence-corrected chi connectivity index (χ1v) is 5.92. The number of carboxylic acids is 1. The number of carboxylic acid groups (broad SMARTS) is 1. The van der Waals surface area contributed by atoms with Gasteiger partial charge >= 0.3 is 5.97 Å². The predicted octanol–water partition coefficient (Wildman–Crippen LogP) is 4.08. The highest BCUT2D eigenvalue weighted by Crippen LogP contribution is 2.34. The lowest BCUT2D eigenvalue weighted by atomic mass is 10.1. The highest BCUT2D eigenvalue weighted by molar-refractivity contribution is 7.13. The van der Waals surface area contributed by atoms with E-state index in [-0.39, 0.29) is 5.56 Å². The molecule has 0 aliphatic heterocycles. The highest BCUT2D eigenvalue weighted by Gasteiger charge is 2.10. The first-order chi connectivity index (χ1) is 7.59. The van der Waals surface area contributed by atoms with Crippen LogP contribution in [0.2, 0.25) is 5.02 Å². The summed E-state index contributed by atoms with van der Waals surface area (Å²) in [6.07, 6.45) is 0. The number of carbonyl (C=O) groups is 1. The van der Waals surface area contributed by atoms with E-state index in [0.717, 1.165) is 16.0 Å². The van der Waals surface area contributed by atoms with Gasteiger partial charge in [-0.15, -0.1) is 11.3 Å². The summed E-state index contributed by atoms with van der Waals surface area (Å²) in [5, 5.41) is 11.3. The average Bonchev–Trinajstić information content (AvgIpc) is 2.64. The Balaban J connectivity index is 2.52. The second kappa shape index (κ2) is 4.28. The van der Waals surface area contributed by atoms with Crippen molar-refractivity contribution in [3.8, 4) is 10.4 Å². The maximum absolute atomic E-state index is 10.8. The van der Waals surface area contributed by atoms with E-state index in [2.05, 4.69) is 0 Å². The maximum Gasteiger partial charge on any atom is 0.335 e. The third-order valence-corrected chi connectivity index (χ3v) is 3.69. The molecule has 82 valence electrons. The number of aromatic carboxylic acids is 1. The SMILES string of the molecule is Cc1ccsc1-c1ccc(C(=O)O)cc1Cl. The van der Waals surface area contributed by atoms with Gasteiger partial charge in [-0.25, -0.2) is 4.79 Å². The van der Waals surface area contributed by atoms with Gasteiger partial charge in [-0.1, -0.05) is 17.7 Å². The topological polar surface area (TPSA) is 37.3 Å². The van der Waals surface area contributed by atoms with Crippen molar-refractivity contribution in [2.24, 2.45) is 0 Å². The van der Waals surface area contributed by atoms with Gasteiger partial charge in [-0.2, -0.15) is 0 Å². The summed E-state index contributed by atoms with van der Waals surface area (Å²) in [4.78, 5) is 11.8. The largest absolute Gasteiger partial charge is 0.478 e. The van der Waals surface area contributed by atoms with E-state index in [4.69, 9.17) is 16.7 Å². The second-order valence-corrected chi connectivity index (χ2v) is 4.76. The third-order valence-electron chi connectivity index (χ3n) is 2.32. The van der Waals surface area contributed by atoms with E-state index >= 15 is 0 Å². The number of aryl methyl sites for hydroxylation is 1. The second-order valence-electron chi connectivity index (χ2n) is 3.43. The third kappa shape index (κ3) is 1.96. The summed E-state index contributed by atoms with van der Waals surface area (Å²) < 4.78 is 0. The number of rotatable bonds is 2. The molecule has 2 rings (SSSR count). The zero-order valence-corrected chi connectivity index (χ0v) is 10.1. The molecule has 0 atom stereocenters. The smallest absolute Gasteiger partial charge is 0.335 e. The Kier molecular flexibility index (Phi) is 2.99. The highest BCUT2D eigenvalue weighted by atomic mass is 35.5. The molecule has 0 radical (unpaired) electrons. The summed E-state index contributed by atoms with van der Waals surface area (Å²) in [5.41, 5.74) is 2.25. The van der Waals surface area contributed by atoms with Gasteiger partial charge in [0.25, 0.3) is 0 Å². The molecular formula is C12H9ClO2S. The molecule has 0 unspecified atom stereocenters. The monoisotopic (exact) mass is 252 g/mol. The van der Waals surface area contributed by atoms with Gasteiger partial charge in [0.15, 0.2) is 0 Å². The van der Waals surface area contributed by atoms with Crippen LogP contribution >= 0.6 is 22.9 Å². The maximum atomic E-state index is 10.8. The lowest BCUT2D eigenvalue weighted by Crippen LogP contribution is -1.95. The Morgan fingerprint density at radius 3 is 2.62 bits per heavy atom. The van der Waals surface area contributed by atoms with Crippen LogP contribution in [-0.4, -0.2) is 11.1 Å². The van der Waals surface area contributed by atoms with Crippen molar-refractivity contribution >= 4 is 28.9 Å². The molecule has 1 N–H and O–H groups in total. The van der Waals surface area contributed by atoms with Crippen LogP contribution in [0, 0.1) is 6.92 Å². The number of hydrogen-bond donors (Lipinski definition) is 1. The minimum absolute atomic E-state index is 0.211. The van der Waals surface area contributed by atoms with Gasteiger partial charge < -0.3 is 5.11 Å². The molecule has 0 amide bonds. The van der Waals surface area contributed by atoms with E-state index in [1.807, 2.05) is 18.4 Å². The number of hydrogen-bond acceptors (Lipinski definition) is 2. The fourth-order valence-electron chi connectivity index (χ4n) is 1.48. The normalized spacial score (nSPS) is 10.4. The van der Waals surface area contributed by atoms with Crippen molar-refractivity contribution in [1.29, 1.82) is 0 Å². The molecule has 1 aromatic carbocycles. The van der Waals surface area contributed by atoms with Gasteiger partial charge in [0.05, 0.1) is 10.6 Å². The molecule has 1 aromatic heterocycles. The Bertz CT molecular complexity index is 546. The average molecular weight is 253 g/mol. The molecule has 1 heterocycles. The lowest BCUT2D eigenvalue weighted by Gasteiger charge is -2.04. The van der Waals surface area contributed by atoms with E-state index in [1.165, 1.54) is 6.07 Å². The zero-order valence-electron chi connectivity index (χ0n) is 8.53. The standard InChI is InChI=1S/C12H9ClO2S/c1-7-4-5-16-11(7)9-3-2-8(12(14)15)6-10(9)13/h2-6H,1H3,(H,14,15). The molecule has 4 heteroatoms. The van der Waals surface area contributed by atoms with Crippen LogP contribution in [0.5, 0.6) is 0 Å². The number of halogens is 1. The summed E-state index contributed by atoms with van der Waals surface area (Å²) in [6.45, 7) is 2.01. The van der Waals surface area contributed by atoms with Gasteiger partial charge in [-0.05, 0) is 36.1 Å². The quantitative estimate of drug-likeness (QED) is 0.875. The number of thiophene rings is 1. The summed E-state index contributed by atoms with van der Waals surface area (Å²) in [7, 11) is 0. The Morgan fingerprint density at radius 1 is 1.38 bits per heavy atom. The van der Waals surface area contributed by atoms with Crippen molar-refractivity contribution in [3.05, 3.63) is 45.8 Å². The van der Waals surface area contributed by atoms with Gasteiger partial charge in [0, 0.05) is 10.4 Å². The molecule has 0 aliphatic rings. The molecule has 2 aromatic rings. The van der Waals surface area contributed by atoms with Crippen molar-refractivity contribution in [2.45, 2.75) is 6.92 Å². The van der Waals surface area contributed by atoms with Crippen molar-refractivity contribution in [1.82, 2.24) is 0 Å². The molecule has 0 bridgehead atoms. The van der Waals surface area contributed by atoms with Crippen LogP contribution in [-0.2, 0) is 0 Å². The van der Waals surface area contributed by atoms with E-state index in [9.17, 15) is 4.79 Å². The summed E-state index contributed by atoms with van der Waals surface area (Å²) in [6, 6.07) is 6.83. The zero-order chi connectivity index (χ0) is 11.7. The number of benzene rings is 1. The first-order valence-electron chi connectivity index (χ1n) is 4.67. The fourth-order valence-corrected chi connectivity index (χ4v) is 2.78. The van der Waals surface area contributed by atoms with E-state index < -0.39 is 5.97 Å². The Morgan fingerprint density at radius 2 is 2.12 bits per heavy atom. The van der Waals surface area contributed by atoms with Crippen LogP contribution in [0.25, 0.3) is 10.4 Å². The Hall–Kier alpha value is -1.32. The predicted molar refractivity (Wildman–Crippen MR) is 66.5 cm³/mol. The van der Waals surface area contributed by atoms with Gasteiger partial charge in [0.2, 0.25) is 0 Å². The van der Waals surface area contributed by atoms with Crippen molar-refractivity contribution < 1.29 is 9.90 Å². The molecular weight excluding hydrogens is 244 g/mol. The summed E-state index contributed by atoms with van der Waals surface area (Å²) in [5.74, 6) is -0.962.